The third kappa shape index (κ3) is 1.68. The minimum atomic E-state index is 0.237. The number of rotatable bonds is 2. The van der Waals surface area contributed by atoms with Crippen LogP contribution in [0.5, 0.6) is 0 Å². The van der Waals surface area contributed by atoms with Crippen LogP contribution in [0.15, 0.2) is 28.1 Å². The molecule has 2 aromatic rings. The number of hydrogen-bond donors (Lipinski definition) is 1. The molecule has 3 atom stereocenters. The highest BCUT2D eigenvalue weighted by atomic mass is 79.9. The van der Waals surface area contributed by atoms with Gasteiger partial charge in [0, 0.05) is 15.2 Å². The van der Waals surface area contributed by atoms with Crippen LogP contribution < -0.4 is 5.73 Å². The molecule has 0 amide bonds. The van der Waals surface area contributed by atoms with Gasteiger partial charge in [-0.1, -0.05) is 12.1 Å². The van der Waals surface area contributed by atoms with Gasteiger partial charge in [-0.3, -0.25) is 0 Å². The summed E-state index contributed by atoms with van der Waals surface area (Å²) in [6.07, 6.45) is 4.19. The third-order valence-corrected chi connectivity index (χ3v) is 6.70. The Kier molecular flexibility index (Phi) is 2.58. The van der Waals surface area contributed by atoms with E-state index in [1.165, 1.54) is 39.4 Å². The first kappa shape index (κ1) is 11.4. The quantitative estimate of drug-likeness (QED) is 0.851. The minimum Gasteiger partial charge on any atom is -0.324 e. The van der Waals surface area contributed by atoms with Crippen molar-refractivity contribution in [2.24, 2.45) is 23.5 Å². The lowest BCUT2D eigenvalue weighted by Gasteiger charge is -2.20. The molecule has 3 heteroatoms. The van der Waals surface area contributed by atoms with Crippen LogP contribution in [0, 0.1) is 17.8 Å². The van der Waals surface area contributed by atoms with Crippen LogP contribution >= 0.6 is 27.3 Å². The Balaban J connectivity index is 1.71. The number of halogens is 1. The van der Waals surface area contributed by atoms with E-state index in [4.69, 9.17) is 5.73 Å². The molecule has 1 heterocycles. The lowest BCUT2D eigenvalue weighted by molar-refractivity contribution is 0.406. The van der Waals surface area contributed by atoms with Crippen molar-refractivity contribution in [3.8, 4) is 0 Å². The van der Waals surface area contributed by atoms with E-state index in [0.717, 1.165) is 11.8 Å². The predicted octanol–water partition coefficient (Wildman–Crippen LogP) is 4.71. The standard InChI is InChI=1S/C15H16BrNS/c16-13-3-1-2-11-12(7-18-15(11)13)14(17)10-5-8-4-9(8)6-10/h1-3,7-10,14H,4-6,17H2. The second kappa shape index (κ2) is 4.06. The largest absolute Gasteiger partial charge is 0.324 e. The molecule has 1 aromatic heterocycles. The van der Waals surface area contributed by atoms with Crippen LogP contribution in [0.25, 0.3) is 10.1 Å². The minimum absolute atomic E-state index is 0.237. The summed E-state index contributed by atoms with van der Waals surface area (Å²) in [5, 5.41) is 3.62. The van der Waals surface area contributed by atoms with Gasteiger partial charge in [0.1, 0.15) is 0 Å². The summed E-state index contributed by atoms with van der Waals surface area (Å²) in [5.41, 5.74) is 7.90. The summed E-state index contributed by atoms with van der Waals surface area (Å²) in [6, 6.07) is 6.67. The molecule has 0 saturated heterocycles. The van der Waals surface area contributed by atoms with E-state index in [1.54, 1.807) is 0 Å². The van der Waals surface area contributed by atoms with E-state index in [-0.39, 0.29) is 6.04 Å². The lowest BCUT2D eigenvalue weighted by Crippen LogP contribution is -2.19. The van der Waals surface area contributed by atoms with E-state index >= 15 is 0 Å². The summed E-state index contributed by atoms with van der Waals surface area (Å²) in [7, 11) is 0. The maximum absolute atomic E-state index is 6.54. The van der Waals surface area contributed by atoms with E-state index in [2.05, 4.69) is 39.5 Å². The van der Waals surface area contributed by atoms with Gasteiger partial charge in [0.15, 0.2) is 0 Å². The highest BCUT2D eigenvalue weighted by Gasteiger charge is 2.47. The molecule has 18 heavy (non-hydrogen) atoms. The Labute approximate surface area is 120 Å². The van der Waals surface area contributed by atoms with Gasteiger partial charge >= 0.3 is 0 Å². The zero-order valence-corrected chi connectivity index (χ0v) is 12.5. The van der Waals surface area contributed by atoms with Crippen LogP contribution in [0.3, 0.4) is 0 Å². The van der Waals surface area contributed by atoms with Crippen molar-refractivity contribution in [3.05, 3.63) is 33.6 Å². The van der Waals surface area contributed by atoms with Gasteiger partial charge < -0.3 is 5.73 Å². The van der Waals surface area contributed by atoms with Crippen molar-refractivity contribution >= 4 is 37.4 Å². The van der Waals surface area contributed by atoms with Crippen molar-refractivity contribution < 1.29 is 0 Å². The average Bonchev–Trinajstić information content (AvgIpc) is 2.81. The summed E-state index contributed by atoms with van der Waals surface area (Å²) in [4.78, 5) is 0. The molecule has 2 saturated carbocycles. The molecule has 0 bridgehead atoms. The molecule has 2 fully saturated rings. The number of benzene rings is 1. The highest BCUT2D eigenvalue weighted by molar-refractivity contribution is 9.10. The molecule has 94 valence electrons. The molecule has 0 spiro atoms. The van der Waals surface area contributed by atoms with Crippen molar-refractivity contribution in [3.63, 3.8) is 0 Å². The summed E-state index contributed by atoms with van der Waals surface area (Å²) in [6.45, 7) is 0. The number of fused-ring (bicyclic) bond motifs is 2. The van der Waals surface area contributed by atoms with Gasteiger partial charge in [-0.05, 0) is 75.3 Å². The molecule has 0 aliphatic heterocycles. The summed E-state index contributed by atoms with van der Waals surface area (Å²) in [5.74, 6) is 2.74. The molecule has 2 aliphatic carbocycles. The Hall–Kier alpha value is -0.380. The van der Waals surface area contributed by atoms with Gasteiger partial charge in [-0.25, -0.2) is 0 Å². The fourth-order valence-corrected chi connectivity index (χ4v) is 5.28. The first-order valence-electron chi connectivity index (χ1n) is 6.65. The molecule has 0 radical (unpaired) electrons. The zero-order valence-electron chi connectivity index (χ0n) is 10.1. The number of hydrogen-bond acceptors (Lipinski definition) is 2. The Morgan fingerprint density at radius 3 is 2.78 bits per heavy atom. The highest BCUT2D eigenvalue weighted by Crippen LogP contribution is 2.57. The summed E-state index contributed by atoms with van der Waals surface area (Å²) >= 11 is 5.44. The van der Waals surface area contributed by atoms with Crippen LogP contribution in [-0.2, 0) is 0 Å². The molecule has 4 rings (SSSR count). The summed E-state index contributed by atoms with van der Waals surface area (Å²) < 4.78 is 2.53. The van der Waals surface area contributed by atoms with E-state index in [9.17, 15) is 0 Å². The van der Waals surface area contributed by atoms with Crippen LogP contribution in [0.4, 0.5) is 0 Å². The Morgan fingerprint density at radius 1 is 1.22 bits per heavy atom. The predicted molar refractivity (Wildman–Crippen MR) is 80.8 cm³/mol. The zero-order chi connectivity index (χ0) is 12.3. The molecule has 3 unspecified atom stereocenters. The number of nitrogens with two attached hydrogens (primary N) is 1. The fourth-order valence-electron chi connectivity index (χ4n) is 3.61. The first-order chi connectivity index (χ1) is 8.74. The molecule has 2 N–H and O–H groups in total. The smallest absolute Gasteiger partial charge is 0.0488 e. The Bertz CT molecular complexity index is 596. The fraction of sp³-hybridized carbons (Fsp3) is 0.467. The van der Waals surface area contributed by atoms with Crippen LogP contribution in [0.1, 0.15) is 30.9 Å². The van der Waals surface area contributed by atoms with Crippen molar-refractivity contribution in [2.45, 2.75) is 25.3 Å². The average molecular weight is 322 g/mol. The van der Waals surface area contributed by atoms with Crippen LogP contribution in [0.2, 0.25) is 0 Å². The maximum atomic E-state index is 6.54. The van der Waals surface area contributed by atoms with Gasteiger partial charge in [-0.15, -0.1) is 11.3 Å². The second-order valence-electron chi connectivity index (χ2n) is 5.82. The van der Waals surface area contributed by atoms with Gasteiger partial charge in [0.2, 0.25) is 0 Å². The number of thiophene rings is 1. The molecule has 1 aromatic carbocycles. The van der Waals surface area contributed by atoms with E-state index < -0.39 is 0 Å². The van der Waals surface area contributed by atoms with Crippen molar-refractivity contribution in [2.75, 3.05) is 0 Å². The van der Waals surface area contributed by atoms with E-state index in [1.807, 2.05) is 11.3 Å². The lowest BCUT2D eigenvalue weighted by atomic mass is 9.90. The van der Waals surface area contributed by atoms with Crippen molar-refractivity contribution in [1.29, 1.82) is 0 Å². The third-order valence-electron chi connectivity index (χ3n) is 4.73. The van der Waals surface area contributed by atoms with Gasteiger partial charge in [0.25, 0.3) is 0 Å². The van der Waals surface area contributed by atoms with E-state index in [0.29, 0.717) is 5.92 Å². The van der Waals surface area contributed by atoms with Gasteiger partial charge in [0.05, 0.1) is 0 Å². The van der Waals surface area contributed by atoms with Crippen LogP contribution in [-0.4, -0.2) is 0 Å². The molecule has 1 nitrogen and oxygen atoms in total. The topological polar surface area (TPSA) is 26.0 Å². The second-order valence-corrected chi connectivity index (χ2v) is 7.55. The molecule has 2 aliphatic rings. The van der Waals surface area contributed by atoms with Gasteiger partial charge in [-0.2, -0.15) is 0 Å². The van der Waals surface area contributed by atoms with Crippen molar-refractivity contribution in [1.82, 2.24) is 0 Å². The monoisotopic (exact) mass is 321 g/mol. The first-order valence-corrected chi connectivity index (χ1v) is 8.32. The molecular formula is C15H16BrNS. The normalized spacial score (nSPS) is 31.6. The maximum Gasteiger partial charge on any atom is 0.0488 e. The molecular weight excluding hydrogens is 306 g/mol. The SMILES string of the molecule is NC(c1csc2c(Br)cccc12)C1CC2CC2C1. The Morgan fingerprint density at radius 2 is 2.00 bits per heavy atom.